The molecule has 0 saturated carbocycles. The molecule has 0 radical (unpaired) electrons. The van der Waals surface area contributed by atoms with Crippen LogP contribution in [0, 0.1) is 5.41 Å². The molecular weight excluding hydrogens is 190 g/mol. The molecule has 1 saturated heterocycles. The van der Waals surface area contributed by atoms with Gasteiger partial charge in [0, 0.05) is 38.6 Å². The summed E-state index contributed by atoms with van der Waals surface area (Å²) >= 11 is 0. The molecule has 2 rings (SSSR count). The fraction of sp³-hybridized carbons (Fsp3) is 0.500. The first-order chi connectivity index (χ1) is 7.27. The number of amidine groups is 1. The highest BCUT2D eigenvalue weighted by Crippen LogP contribution is 2.03. The third kappa shape index (κ3) is 2.30. The van der Waals surface area contributed by atoms with Gasteiger partial charge in [0.1, 0.15) is 0 Å². The smallest absolute Gasteiger partial charge is 0.194 e. The number of nitrogens with one attached hydrogen (secondary N) is 1. The summed E-state index contributed by atoms with van der Waals surface area (Å²) in [6, 6.07) is 1.76. The zero-order valence-electron chi connectivity index (χ0n) is 8.85. The highest BCUT2D eigenvalue weighted by Gasteiger charge is 2.18. The molecule has 1 N–H and O–H groups in total. The second-order valence-electron chi connectivity index (χ2n) is 3.71. The molecule has 0 spiro atoms. The fourth-order valence-corrected chi connectivity index (χ4v) is 1.59. The van der Waals surface area contributed by atoms with Gasteiger partial charge in [0.05, 0.1) is 0 Å². The van der Waals surface area contributed by atoms with E-state index < -0.39 is 0 Å². The SMILES string of the molecule is CN1CCN(C(=N)c2ncccn2)CC1. The third-order valence-corrected chi connectivity index (χ3v) is 2.60. The minimum atomic E-state index is 0.434. The molecule has 1 aliphatic heterocycles. The van der Waals surface area contributed by atoms with Crippen molar-refractivity contribution in [3.05, 3.63) is 24.3 Å². The van der Waals surface area contributed by atoms with Crippen LogP contribution in [0.5, 0.6) is 0 Å². The molecule has 0 aromatic carbocycles. The van der Waals surface area contributed by atoms with Gasteiger partial charge in [0.2, 0.25) is 0 Å². The van der Waals surface area contributed by atoms with Gasteiger partial charge in [-0.3, -0.25) is 5.41 Å². The van der Waals surface area contributed by atoms with Crippen LogP contribution < -0.4 is 0 Å². The predicted octanol–water partition coefficient (Wildman–Crippen LogP) is 0.0494. The topological polar surface area (TPSA) is 56.1 Å². The Balaban J connectivity index is 2.03. The van der Waals surface area contributed by atoms with Gasteiger partial charge >= 0.3 is 0 Å². The van der Waals surface area contributed by atoms with Gasteiger partial charge in [-0.1, -0.05) is 0 Å². The Hall–Kier alpha value is -1.49. The number of piperazine rings is 1. The van der Waals surface area contributed by atoms with Crippen molar-refractivity contribution in [1.29, 1.82) is 5.41 Å². The van der Waals surface area contributed by atoms with E-state index in [2.05, 4.69) is 21.9 Å². The van der Waals surface area contributed by atoms with Crippen LogP contribution in [0.4, 0.5) is 0 Å². The molecule has 15 heavy (non-hydrogen) atoms. The van der Waals surface area contributed by atoms with Crippen molar-refractivity contribution in [2.24, 2.45) is 0 Å². The van der Waals surface area contributed by atoms with Crippen LogP contribution in [0.25, 0.3) is 0 Å². The maximum Gasteiger partial charge on any atom is 0.194 e. The van der Waals surface area contributed by atoms with E-state index in [9.17, 15) is 0 Å². The summed E-state index contributed by atoms with van der Waals surface area (Å²) in [5.74, 6) is 0.950. The zero-order chi connectivity index (χ0) is 10.7. The highest BCUT2D eigenvalue weighted by atomic mass is 15.3. The first kappa shape index (κ1) is 10.0. The molecule has 80 valence electrons. The second-order valence-corrected chi connectivity index (χ2v) is 3.71. The molecule has 1 aliphatic rings. The normalized spacial score (nSPS) is 17.8. The molecule has 5 nitrogen and oxygen atoms in total. The summed E-state index contributed by atoms with van der Waals surface area (Å²) in [5, 5.41) is 7.97. The monoisotopic (exact) mass is 205 g/mol. The van der Waals surface area contributed by atoms with Crippen LogP contribution in [0.1, 0.15) is 5.82 Å². The molecule has 1 aromatic rings. The Bertz CT molecular complexity index is 329. The van der Waals surface area contributed by atoms with Crippen LogP contribution in [0.2, 0.25) is 0 Å². The molecule has 0 atom stereocenters. The summed E-state index contributed by atoms with van der Waals surface area (Å²) in [6.07, 6.45) is 3.35. The van der Waals surface area contributed by atoms with Crippen LogP contribution in [0.3, 0.4) is 0 Å². The van der Waals surface area contributed by atoms with E-state index in [-0.39, 0.29) is 0 Å². The van der Waals surface area contributed by atoms with Gasteiger partial charge in [-0.05, 0) is 13.1 Å². The van der Waals surface area contributed by atoms with Gasteiger partial charge in [0.25, 0.3) is 0 Å². The number of aromatic nitrogens is 2. The van der Waals surface area contributed by atoms with Crippen LogP contribution in [-0.2, 0) is 0 Å². The van der Waals surface area contributed by atoms with E-state index in [1.807, 2.05) is 4.90 Å². The highest BCUT2D eigenvalue weighted by molar-refractivity contribution is 5.92. The Kier molecular flexibility index (Phi) is 2.91. The molecule has 1 aromatic heterocycles. The molecule has 0 unspecified atom stereocenters. The average Bonchev–Trinajstić information content (AvgIpc) is 2.30. The second kappa shape index (κ2) is 4.35. The third-order valence-electron chi connectivity index (χ3n) is 2.60. The summed E-state index contributed by atoms with van der Waals surface area (Å²) in [6.45, 7) is 3.76. The first-order valence-electron chi connectivity index (χ1n) is 5.07. The maximum atomic E-state index is 7.97. The Morgan fingerprint density at radius 3 is 2.40 bits per heavy atom. The first-order valence-corrected chi connectivity index (χ1v) is 5.07. The van der Waals surface area contributed by atoms with Crippen molar-refractivity contribution in [3.63, 3.8) is 0 Å². The molecular formula is C10H15N5. The van der Waals surface area contributed by atoms with Crippen molar-refractivity contribution in [3.8, 4) is 0 Å². The van der Waals surface area contributed by atoms with E-state index in [4.69, 9.17) is 5.41 Å². The summed E-state index contributed by atoms with van der Waals surface area (Å²) in [7, 11) is 2.10. The summed E-state index contributed by atoms with van der Waals surface area (Å²) < 4.78 is 0. The van der Waals surface area contributed by atoms with Gasteiger partial charge in [0.15, 0.2) is 11.7 Å². The number of rotatable bonds is 1. The molecule has 2 heterocycles. The lowest BCUT2D eigenvalue weighted by molar-refractivity contribution is 0.214. The van der Waals surface area contributed by atoms with Crippen LogP contribution >= 0.6 is 0 Å². The van der Waals surface area contributed by atoms with Gasteiger partial charge in [-0.25, -0.2) is 9.97 Å². The maximum absolute atomic E-state index is 7.97. The number of nitrogens with zero attached hydrogens (tertiary/aromatic N) is 4. The zero-order valence-corrected chi connectivity index (χ0v) is 8.85. The fourth-order valence-electron chi connectivity index (χ4n) is 1.59. The lowest BCUT2D eigenvalue weighted by Gasteiger charge is -2.33. The quantitative estimate of drug-likeness (QED) is 0.520. The summed E-state index contributed by atoms with van der Waals surface area (Å²) in [5.41, 5.74) is 0. The Labute approximate surface area is 89.3 Å². The lowest BCUT2D eigenvalue weighted by atomic mass is 10.3. The largest absolute Gasteiger partial charge is 0.351 e. The lowest BCUT2D eigenvalue weighted by Crippen LogP contribution is -2.47. The molecule has 0 aliphatic carbocycles. The standard InChI is InChI=1S/C10H15N5/c1-14-5-7-15(8-6-14)9(11)10-12-3-2-4-13-10/h2-4,11H,5-8H2,1H3. The van der Waals surface area contributed by atoms with Crippen molar-refractivity contribution in [2.45, 2.75) is 0 Å². The minimum absolute atomic E-state index is 0.434. The molecule has 1 fully saturated rings. The molecule has 0 amide bonds. The van der Waals surface area contributed by atoms with Gasteiger partial charge < -0.3 is 9.80 Å². The van der Waals surface area contributed by atoms with E-state index in [1.165, 1.54) is 0 Å². The average molecular weight is 205 g/mol. The number of hydrogen-bond donors (Lipinski definition) is 1. The molecule has 0 bridgehead atoms. The van der Waals surface area contributed by atoms with Crippen molar-refractivity contribution >= 4 is 5.84 Å². The van der Waals surface area contributed by atoms with Gasteiger partial charge in [-0.15, -0.1) is 0 Å². The number of hydrogen-bond acceptors (Lipinski definition) is 4. The van der Waals surface area contributed by atoms with Crippen molar-refractivity contribution < 1.29 is 0 Å². The van der Waals surface area contributed by atoms with E-state index in [0.717, 1.165) is 26.2 Å². The number of likely N-dealkylation sites (N-methyl/N-ethyl adjacent to an activating group) is 1. The van der Waals surface area contributed by atoms with Crippen LogP contribution in [-0.4, -0.2) is 58.8 Å². The van der Waals surface area contributed by atoms with E-state index in [1.54, 1.807) is 18.5 Å². The molecule has 5 heteroatoms. The van der Waals surface area contributed by atoms with Crippen molar-refractivity contribution in [1.82, 2.24) is 19.8 Å². The minimum Gasteiger partial charge on any atom is -0.351 e. The van der Waals surface area contributed by atoms with Crippen molar-refractivity contribution in [2.75, 3.05) is 33.2 Å². The van der Waals surface area contributed by atoms with Crippen LogP contribution in [0.15, 0.2) is 18.5 Å². The van der Waals surface area contributed by atoms with E-state index >= 15 is 0 Å². The Morgan fingerprint density at radius 1 is 1.20 bits per heavy atom. The van der Waals surface area contributed by atoms with Gasteiger partial charge in [-0.2, -0.15) is 0 Å². The van der Waals surface area contributed by atoms with E-state index in [0.29, 0.717) is 11.7 Å². The Morgan fingerprint density at radius 2 is 1.80 bits per heavy atom. The summed E-state index contributed by atoms with van der Waals surface area (Å²) in [4.78, 5) is 12.4. The predicted molar refractivity (Wildman–Crippen MR) is 57.9 cm³/mol.